The van der Waals surface area contributed by atoms with Gasteiger partial charge < -0.3 is 4.52 Å². The van der Waals surface area contributed by atoms with Crippen molar-refractivity contribution in [2.75, 3.05) is 7.05 Å². The molecule has 1 aliphatic carbocycles. The lowest BCUT2D eigenvalue weighted by molar-refractivity contribution is 0.0630. The van der Waals surface area contributed by atoms with Crippen molar-refractivity contribution in [3.8, 4) is 0 Å². The van der Waals surface area contributed by atoms with Crippen molar-refractivity contribution in [2.45, 2.75) is 44.8 Å². The first-order chi connectivity index (χ1) is 10.1. The molecule has 0 spiro atoms. The maximum absolute atomic E-state index is 12.8. The van der Waals surface area contributed by atoms with E-state index in [-0.39, 0.29) is 12.6 Å². The molecule has 1 fully saturated rings. The molecule has 2 heterocycles. The molecule has 0 radical (unpaired) electrons. The van der Waals surface area contributed by atoms with Crippen LogP contribution < -0.4 is 0 Å². The number of nitrogens with zero attached hydrogens (tertiary/aromatic N) is 5. The molecule has 0 saturated heterocycles. The van der Waals surface area contributed by atoms with Crippen molar-refractivity contribution in [2.24, 2.45) is 0 Å². The quantitative estimate of drug-likeness (QED) is 0.820. The molecule has 1 atom stereocenters. The van der Waals surface area contributed by atoms with E-state index in [9.17, 15) is 8.78 Å². The third-order valence-electron chi connectivity index (χ3n) is 3.77. The highest BCUT2D eigenvalue weighted by Crippen LogP contribution is 2.38. The molecule has 114 valence electrons. The lowest BCUT2D eigenvalue weighted by atomic mass is 10.3. The first kappa shape index (κ1) is 14.1. The molecule has 2 aromatic rings. The molecule has 0 amide bonds. The molecule has 0 bridgehead atoms. The van der Waals surface area contributed by atoms with Crippen molar-refractivity contribution >= 4 is 0 Å². The van der Waals surface area contributed by atoms with E-state index in [4.69, 9.17) is 4.52 Å². The smallest absolute Gasteiger partial charge is 0.319 e. The zero-order valence-corrected chi connectivity index (χ0v) is 11.9. The zero-order valence-electron chi connectivity index (χ0n) is 11.9. The maximum atomic E-state index is 12.8. The molecular formula is C13H17F2N5O. The van der Waals surface area contributed by atoms with Crippen LogP contribution in [0.2, 0.25) is 0 Å². The van der Waals surface area contributed by atoms with Crippen LogP contribution in [0.1, 0.15) is 55.8 Å². The molecule has 3 rings (SSSR count). The lowest BCUT2D eigenvalue weighted by Gasteiger charge is -2.21. The van der Waals surface area contributed by atoms with Gasteiger partial charge in [0.05, 0.1) is 12.6 Å². The predicted octanol–water partition coefficient (Wildman–Crippen LogP) is 2.73. The fourth-order valence-corrected chi connectivity index (χ4v) is 2.12. The summed E-state index contributed by atoms with van der Waals surface area (Å²) < 4.78 is 31.7. The van der Waals surface area contributed by atoms with Gasteiger partial charge in [-0.15, -0.1) is 0 Å². The molecule has 1 aliphatic rings. The lowest BCUT2D eigenvalue weighted by Crippen LogP contribution is -2.24. The Balaban J connectivity index is 1.68. The number of imidazole rings is 1. The van der Waals surface area contributed by atoms with Crippen LogP contribution in [0.4, 0.5) is 8.78 Å². The van der Waals surface area contributed by atoms with Gasteiger partial charge in [-0.1, -0.05) is 5.16 Å². The summed E-state index contributed by atoms with van der Waals surface area (Å²) in [5.74, 6) is 1.99. The summed E-state index contributed by atoms with van der Waals surface area (Å²) in [4.78, 5) is 10.2. The van der Waals surface area contributed by atoms with E-state index in [1.54, 1.807) is 0 Å². The SMILES string of the molecule is CC(c1nc(C2CC2)no1)N(C)Cc1nccn1C(F)F. The minimum Gasteiger partial charge on any atom is -0.338 e. The van der Waals surface area contributed by atoms with Crippen molar-refractivity contribution in [3.05, 3.63) is 29.9 Å². The van der Waals surface area contributed by atoms with E-state index in [2.05, 4.69) is 15.1 Å². The Bertz CT molecular complexity index is 607. The Morgan fingerprint density at radius 2 is 2.24 bits per heavy atom. The molecular weight excluding hydrogens is 280 g/mol. The summed E-state index contributed by atoms with van der Waals surface area (Å²) in [7, 11) is 1.82. The summed E-state index contributed by atoms with van der Waals surface area (Å²) in [5.41, 5.74) is 0. The number of aromatic nitrogens is 4. The van der Waals surface area contributed by atoms with Crippen LogP contribution in [0, 0.1) is 0 Å². The van der Waals surface area contributed by atoms with Crippen LogP contribution in [0.15, 0.2) is 16.9 Å². The standard InChI is InChI=1S/C13H17F2N5O/c1-8(12-17-11(18-21-12)9-3-4-9)19(2)7-10-16-5-6-20(10)13(14)15/h5-6,8-9,13H,3-4,7H2,1-2H3. The average molecular weight is 297 g/mol. The molecule has 6 nitrogen and oxygen atoms in total. The molecule has 0 aliphatic heterocycles. The highest BCUT2D eigenvalue weighted by atomic mass is 19.3. The molecule has 1 saturated carbocycles. The van der Waals surface area contributed by atoms with E-state index < -0.39 is 6.55 Å². The second-order valence-corrected chi connectivity index (χ2v) is 5.38. The van der Waals surface area contributed by atoms with Gasteiger partial charge in [0.25, 0.3) is 0 Å². The van der Waals surface area contributed by atoms with Crippen LogP contribution >= 0.6 is 0 Å². The minimum absolute atomic E-state index is 0.159. The first-order valence-electron chi connectivity index (χ1n) is 6.90. The molecule has 2 aromatic heterocycles. The van der Waals surface area contributed by atoms with Crippen LogP contribution in [-0.2, 0) is 6.54 Å². The molecule has 21 heavy (non-hydrogen) atoms. The largest absolute Gasteiger partial charge is 0.338 e. The van der Waals surface area contributed by atoms with Gasteiger partial charge in [-0.05, 0) is 26.8 Å². The van der Waals surface area contributed by atoms with Gasteiger partial charge in [-0.3, -0.25) is 9.47 Å². The average Bonchev–Trinajstić information content (AvgIpc) is 3.01. The Kier molecular flexibility index (Phi) is 3.71. The van der Waals surface area contributed by atoms with Gasteiger partial charge in [0.15, 0.2) is 5.82 Å². The third kappa shape index (κ3) is 2.94. The Morgan fingerprint density at radius 1 is 1.48 bits per heavy atom. The van der Waals surface area contributed by atoms with Gasteiger partial charge >= 0.3 is 6.55 Å². The van der Waals surface area contributed by atoms with Crippen molar-refractivity contribution in [3.63, 3.8) is 0 Å². The Morgan fingerprint density at radius 3 is 2.90 bits per heavy atom. The minimum atomic E-state index is -2.59. The fraction of sp³-hybridized carbons (Fsp3) is 0.615. The van der Waals surface area contributed by atoms with Crippen molar-refractivity contribution in [1.29, 1.82) is 0 Å². The third-order valence-corrected chi connectivity index (χ3v) is 3.77. The maximum Gasteiger partial charge on any atom is 0.319 e. The predicted molar refractivity (Wildman–Crippen MR) is 69.6 cm³/mol. The Labute approximate surface area is 120 Å². The van der Waals surface area contributed by atoms with E-state index in [1.165, 1.54) is 12.4 Å². The molecule has 1 unspecified atom stereocenters. The van der Waals surface area contributed by atoms with Gasteiger partial charge in [-0.2, -0.15) is 13.8 Å². The second kappa shape index (κ2) is 5.51. The number of hydrogen-bond donors (Lipinski definition) is 0. The summed E-state index contributed by atoms with van der Waals surface area (Å²) in [5, 5.41) is 3.97. The van der Waals surface area contributed by atoms with Crippen LogP contribution in [-0.4, -0.2) is 31.6 Å². The molecule has 0 N–H and O–H groups in total. The van der Waals surface area contributed by atoms with Gasteiger partial charge in [-0.25, -0.2) is 4.98 Å². The van der Waals surface area contributed by atoms with Crippen LogP contribution in [0.5, 0.6) is 0 Å². The normalized spacial score (nSPS) is 16.9. The topological polar surface area (TPSA) is 60.0 Å². The van der Waals surface area contributed by atoms with E-state index in [0.717, 1.165) is 23.2 Å². The molecule has 8 heteroatoms. The van der Waals surface area contributed by atoms with Crippen molar-refractivity contribution in [1.82, 2.24) is 24.6 Å². The zero-order chi connectivity index (χ0) is 15.0. The fourth-order valence-electron chi connectivity index (χ4n) is 2.12. The van der Waals surface area contributed by atoms with E-state index in [1.807, 2.05) is 18.9 Å². The van der Waals surface area contributed by atoms with E-state index >= 15 is 0 Å². The second-order valence-electron chi connectivity index (χ2n) is 5.38. The highest BCUT2D eigenvalue weighted by molar-refractivity contribution is 5.05. The highest BCUT2D eigenvalue weighted by Gasteiger charge is 2.30. The van der Waals surface area contributed by atoms with Gasteiger partial charge in [0, 0.05) is 18.3 Å². The summed E-state index contributed by atoms with van der Waals surface area (Å²) in [6, 6.07) is -0.159. The number of rotatable bonds is 6. The first-order valence-corrected chi connectivity index (χ1v) is 6.90. The van der Waals surface area contributed by atoms with Crippen LogP contribution in [0.25, 0.3) is 0 Å². The van der Waals surface area contributed by atoms with Gasteiger partial charge in [0.2, 0.25) is 5.89 Å². The molecule has 0 aromatic carbocycles. The van der Waals surface area contributed by atoms with Crippen molar-refractivity contribution < 1.29 is 13.3 Å². The summed E-state index contributed by atoms with van der Waals surface area (Å²) in [6.07, 6.45) is 4.86. The number of alkyl halides is 2. The van der Waals surface area contributed by atoms with Gasteiger partial charge in [0.1, 0.15) is 5.82 Å². The summed E-state index contributed by atoms with van der Waals surface area (Å²) >= 11 is 0. The Hall–Kier alpha value is -1.83. The summed E-state index contributed by atoms with van der Waals surface area (Å²) in [6.45, 7) is -0.407. The van der Waals surface area contributed by atoms with E-state index in [0.29, 0.717) is 17.6 Å². The number of hydrogen-bond acceptors (Lipinski definition) is 5. The number of halogens is 2. The van der Waals surface area contributed by atoms with Crippen LogP contribution in [0.3, 0.4) is 0 Å². The monoisotopic (exact) mass is 297 g/mol.